The molecule has 2 atom stereocenters. The molecule has 1 fully saturated rings. The van der Waals surface area contributed by atoms with Crippen LogP contribution in [-0.4, -0.2) is 72.6 Å². The van der Waals surface area contributed by atoms with Crippen LogP contribution < -0.4 is 10.6 Å². The second-order valence-corrected chi connectivity index (χ2v) is 7.30. The maximum Gasteiger partial charge on any atom is 0.190 e. The maximum atomic E-state index is 5.78. The molecule has 0 aliphatic carbocycles. The van der Waals surface area contributed by atoms with Crippen LogP contribution in [0, 0.1) is 13.8 Å². The monoisotopic (exact) mass is 364 g/mol. The molecule has 0 radical (unpaired) electrons. The maximum absolute atomic E-state index is 5.78. The number of hydrogen-bond acceptors (Lipinski definition) is 4. The van der Waals surface area contributed by atoms with E-state index >= 15 is 0 Å². The van der Waals surface area contributed by atoms with Crippen molar-refractivity contribution in [2.24, 2.45) is 4.99 Å². The normalized spacial score (nSPS) is 21.8. The number of aromatic nitrogens is 2. The molecule has 1 aromatic heterocycles. The summed E-state index contributed by atoms with van der Waals surface area (Å²) in [6.07, 6.45) is 2.80. The lowest BCUT2D eigenvalue weighted by atomic mass is 10.2. The summed E-state index contributed by atoms with van der Waals surface area (Å²) in [6, 6.07) is 2.11. The zero-order chi connectivity index (χ0) is 18.9. The third-order valence-electron chi connectivity index (χ3n) is 4.60. The van der Waals surface area contributed by atoms with Crippen molar-refractivity contribution in [1.29, 1.82) is 0 Å². The Kier molecular flexibility index (Phi) is 8.38. The molecule has 1 aliphatic heterocycles. The quantitative estimate of drug-likeness (QED) is 0.416. The summed E-state index contributed by atoms with van der Waals surface area (Å²) in [6.45, 7) is 14.3. The van der Waals surface area contributed by atoms with Crippen molar-refractivity contribution in [2.45, 2.75) is 59.3 Å². The predicted molar refractivity (Wildman–Crippen MR) is 107 cm³/mol. The van der Waals surface area contributed by atoms with E-state index in [9.17, 15) is 0 Å². The van der Waals surface area contributed by atoms with E-state index in [0.29, 0.717) is 12.2 Å². The summed E-state index contributed by atoms with van der Waals surface area (Å²) < 4.78 is 7.85. The Balaban J connectivity index is 1.57. The first-order chi connectivity index (χ1) is 12.5. The molecular weight excluding hydrogens is 328 g/mol. The Morgan fingerprint density at radius 2 is 1.77 bits per heavy atom. The molecule has 1 aromatic rings. The van der Waals surface area contributed by atoms with E-state index in [4.69, 9.17) is 4.74 Å². The van der Waals surface area contributed by atoms with Gasteiger partial charge in [-0.3, -0.25) is 14.6 Å². The summed E-state index contributed by atoms with van der Waals surface area (Å²) in [7, 11) is 1.82. The average molecular weight is 365 g/mol. The number of hydrogen-bond donors (Lipinski definition) is 2. The van der Waals surface area contributed by atoms with Crippen molar-refractivity contribution >= 4 is 5.96 Å². The Hall–Kier alpha value is -1.60. The van der Waals surface area contributed by atoms with Crippen molar-refractivity contribution in [3.63, 3.8) is 0 Å². The number of ether oxygens (including phenoxy) is 1. The van der Waals surface area contributed by atoms with Gasteiger partial charge in [0.05, 0.1) is 17.9 Å². The van der Waals surface area contributed by atoms with E-state index in [2.05, 4.69) is 57.1 Å². The van der Waals surface area contributed by atoms with Gasteiger partial charge < -0.3 is 15.4 Å². The third-order valence-corrected chi connectivity index (χ3v) is 4.60. The molecule has 0 amide bonds. The number of aliphatic imine (C=N–C) groups is 1. The number of nitrogens with one attached hydrogen (secondary N) is 2. The van der Waals surface area contributed by atoms with Crippen molar-refractivity contribution < 1.29 is 4.74 Å². The van der Waals surface area contributed by atoms with Gasteiger partial charge in [-0.25, -0.2) is 0 Å². The smallest absolute Gasteiger partial charge is 0.190 e. The number of rotatable bonds is 8. The molecule has 2 heterocycles. The highest BCUT2D eigenvalue weighted by atomic mass is 16.5. The zero-order valence-corrected chi connectivity index (χ0v) is 17.1. The molecule has 1 saturated heterocycles. The zero-order valence-electron chi connectivity index (χ0n) is 17.1. The SMILES string of the molecule is CN=C(NCCCN1CC(C)OC(C)C1)NCCCn1nc(C)cc1C. The molecule has 7 heteroatoms. The van der Waals surface area contributed by atoms with Gasteiger partial charge in [-0.05, 0) is 46.6 Å². The van der Waals surface area contributed by atoms with Crippen LogP contribution in [0.5, 0.6) is 0 Å². The molecule has 0 aromatic carbocycles. The van der Waals surface area contributed by atoms with Gasteiger partial charge in [0, 0.05) is 52.0 Å². The lowest BCUT2D eigenvalue weighted by Gasteiger charge is -2.35. The first-order valence-corrected chi connectivity index (χ1v) is 9.81. The fourth-order valence-electron chi connectivity index (χ4n) is 3.53. The standard InChI is InChI=1S/C19H36N6O/c1-15-12-16(2)25(23-15)11-7-9-22-19(20-5)21-8-6-10-24-13-17(3)26-18(4)14-24/h12,17-18H,6-11,13-14H2,1-5H3,(H2,20,21,22). The van der Waals surface area contributed by atoms with Gasteiger partial charge in [0.1, 0.15) is 0 Å². The number of guanidine groups is 1. The highest BCUT2D eigenvalue weighted by Gasteiger charge is 2.21. The lowest BCUT2D eigenvalue weighted by Crippen LogP contribution is -2.46. The average Bonchev–Trinajstić information content (AvgIpc) is 2.90. The van der Waals surface area contributed by atoms with Crippen LogP contribution in [0.1, 0.15) is 38.1 Å². The first-order valence-electron chi connectivity index (χ1n) is 9.81. The molecule has 2 unspecified atom stereocenters. The van der Waals surface area contributed by atoms with Crippen molar-refractivity contribution in [2.75, 3.05) is 39.8 Å². The summed E-state index contributed by atoms with van der Waals surface area (Å²) in [5.74, 6) is 0.877. The number of nitrogens with zero attached hydrogens (tertiary/aromatic N) is 4. The van der Waals surface area contributed by atoms with E-state index in [-0.39, 0.29) is 0 Å². The van der Waals surface area contributed by atoms with E-state index in [1.807, 2.05) is 14.0 Å². The Bertz CT molecular complexity index is 560. The molecule has 0 spiro atoms. The first kappa shape index (κ1) is 20.7. The fraction of sp³-hybridized carbons (Fsp3) is 0.789. The Labute approximate surface area is 158 Å². The highest BCUT2D eigenvalue weighted by molar-refractivity contribution is 5.79. The molecular formula is C19H36N6O. The van der Waals surface area contributed by atoms with Crippen LogP contribution >= 0.6 is 0 Å². The number of morpholine rings is 1. The Morgan fingerprint density at radius 3 is 2.31 bits per heavy atom. The molecule has 148 valence electrons. The molecule has 0 saturated carbocycles. The van der Waals surface area contributed by atoms with Crippen LogP contribution in [0.25, 0.3) is 0 Å². The summed E-state index contributed by atoms with van der Waals surface area (Å²) >= 11 is 0. The second kappa shape index (κ2) is 10.5. The molecule has 7 nitrogen and oxygen atoms in total. The molecule has 0 bridgehead atoms. The summed E-state index contributed by atoms with van der Waals surface area (Å²) in [4.78, 5) is 6.79. The molecule has 26 heavy (non-hydrogen) atoms. The van der Waals surface area contributed by atoms with Gasteiger partial charge in [-0.15, -0.1) is 0 Å². The van der Waals surface area contributed by atoms with Gasteiger partial charge in [0.2, 0.25) is 0 Å². The van der Waals surface area contributed by atoms with Gasteiger partial charge in [0.25, 0.3) is 0 Å². The fourth-order valence-corrected chi connectivity index (χ4v) is 3.53. The largest absolute Gasteiger partial charge is 0.373 e. The minimum absolute atomic E-state index is 0.336. The third kappa shape index (κ3) is 6.96. The topological polar surface area (TPSA) is 66.7 Å². The highest BCUT2D eigenvalue weighted by Crippen LogP contribution is 2.10. The van der Waals surface area contributed by atoms with Crippen LogP contribution in [0.3, 0.4) is 0 Å². The van der Waals surface area contributed by atoms with E-state index < -0.39 is 0 Å². The van der Waals surface area contributed by atoms with Gasteiger partial charge in [-0.2, -0.15) is 5.10 Å². The van der Waals surface area contributed by atoms with Crippen LogP contribution in [0.15, 0.2) is 11.1 Å². The summed E-state index contributed by atoms with van der Waals surface area (Å²) in [5.41, 5.74) is 2.30. The van der Waals surface area contributed by atoms with Crippen molar-refractivity contribution in [3.05, 3.63) is 17.5 Å². The molecule has 2 rings (SSSR count). The van der Waals surface area contributed by atoms with Gasteiger partial charge >= 0.3 is 0 Å². The van der Waals surface area contributed by atoms with Crippen LogP contribution in [0.4, 0.5) is 0 Å². The minimum Gasteiger partial charge on any atom is -0.373 e. The minimum atomic E-state index is 0.336. The van der Waals surface area contributed by atoms with Gasteiger partial charge in [0.15, 0.2) is 5.96 Å². The lowest BCUT2D eigenvalue weighted by molar-refractivity contribution is -0.0679. The number of aryl methyl sites for hydroxylation is 3. The second-order valence-electron chi connectivity index (χ2n) is 7.30. The molecule has 1 aliphatic rings. The Morgan fingerprint density at radius 1 is 1.15 bits per heavy atom. The molecule has 2 N–H and O–H groups in total. The van der Waals surface area contributed by atoms with E-state index in [1.165, 1.54) is 5.69 Å². The van der Waals surface area contributed by atoms with E-state index in [1.54, 1.807) is 0 Å². The predicted octanol–water partition coefficient (Wildman–Crippen LogP) is 1.55. The van der Waals surface area contributed by atoms with Crippen molar-refractivity contribution in [3.8, 4) is 0 Å². The summed E-state index contributed by atoms with van der Waals surface area (Å²) in [5, 5.41) is 11.3. The van der Waals surface area contributed by atoms with E-state index in [0.717, 1.165) is 63.8 Å². The van der Waals surface area contributed by atoms with Gasteiger partial charge in [-0.1, -0.05) is 0 Å². The van der Waals surface area contributed by atoms with Crippen LogP contribution in [-0.2, 0) is 11.3 Å². The van der Waals surface area contributed by atoms with Crippen LogP contribution in [0.2, 0.25) is 0 Å². The van der Waals surface area contributed by atoms with Crippen molar-refractivity contribution in [1.82, 2.24) is 25.3 Å².